The molecule has 15 heavy (non-hydrogen) atoms. The van der Waals surface area contributed by atoms with Gasteiger partial charge in [0, 0.05) is 6.54 Å². The van der Waals surface area contributed by atoms with Crippen LogP contribution in [0.15, 0.2) is 0 Å². The molecule has 0 aromatic heterocycles. The van der Waals surface area contributed by atoms with E-state index < -0.39 is 5.60 Å². The van der Waals surface area contributed by atoms with Gasteiger partial charge in [0.2, 0.25) is 0 Å². The van der Waals surface area contributed by atoms with Crippen LogP contribution in [0.3, 0.4) is 0 Å². The van der Waals surface area contributed by atoms with Crippen molar-refractivity contribution in [2.75, 3.05) is 6.54 Å². The van der Waals surface area contributed by atoms with Gasteiger partial charge in [0.1, 0.15) is 11.6 Å². The smallest absolute Gasteiger partial charge is 0.411 e. The van der Waals surface area contributed by atoms with E-state index >= 15 is 0 Å². The second kappa shape index (κ2) is 4.52. The SMILES string of the molecule is CC(C)(C)OC(=O)N1CCCCC1C#N. The van der Waals surface area contributed by atoms with Crippen molar-refractivity contribution in [3.63, 3.8) is 0 Å². The minimum Gasteiger partial charge on any atom is -0.444 e. The fourth-order valence-electron chi connectivity index (χ4n) is 1.60. The van der Waals surface area contributed by atoms with Gasteiger partial charge in [-0.3, -0.25) is 4.90 Å². The average molecular weight is 210 g/mol. The third-order valence-corrected chi connectivity index (χ3v) is 2.28. The molecule has 0 bridgehead atoms. The molecule has 0 radical (unpaired) electrons. The van der Waals surface area contributed by atoms with Crippen LogP contribution >= 0.6 is 0 Å². The van der Waals surface area contributed by atoms with Crippen molar-refractivity contribution in [2.24, 2.45) is 0 Å². The number of carbonyl (C=O) groups is 1. The first-order valence-corrected chi connectivity index (χ1v) is 5.33. The summed E-state index contributed by atoms with van der Waals surface area (Å²) >= 11 is 0. The highest BCUT2D eigenvalue weighted by molar-refractivity contribution is 5.69. The Kier molecular flexibility index (Phi) is 3.57. The average Bonchev–Trinajstić information content (AvgIpc) is 2.15. The number of nitriles is 1. The summed E-state index contributed by atoms with van der Waals surface area (Å²) in [4.78, 5) is 13.3. The second-order valence-electron chi connectivity index (χ2n) is 4.81. The molecule has 4 heteroatoms. The lowest BCUT2D eigenvalue weighted by Gasteiger charge is -2.33. The number of rotatable bonds is 0. The van der Waals surface area contributed by atoms with Gasteiger partial charge in [-0.1, -0.05) is 0 Å². The maximum Gasteiger partial charge on any atom is 0.411 e. The highest BCUT2D eigenvalue weighted by atomic mass is 16.6. The predicted molar refractivity (Wildman–Crippen MR) is 56.2 cm³/mol. The van der Waals surface area contributed by atoms with Crippen LogP contribution in [0.25, 0.3) is 0 Å². The van der Waals surface area contributed by atoms with Crippen LogP contribution < -0.4 is 0 Å². The third kappa shape index (κ3) is 3.43. The van der Waals surface area contributed by atoms with Gasteiger partial charge in [-0.05, 0) is 40.0 Å². The van der Waals surface area contributed by atoms with Crippen molar-refractivity contribution in [1.29, 1.82) is 5.26 Å². The van der Waals surface area contributed by atoms with E-state index in [4.69, 9.17) is 10.00 Å². The Hall–Kier alpha value is -1.24. The number of carbonyl (C=O) groups excluding carboxylic acids is 1. The fourth-order valence-corrected chi connectivity index (χ4v) is 1.60. The molecule has 0 saturated carbocycles. The molecule has 1 rings (SSSR count). The largest absolute Gasteiger partial charge is 0.444 e. The lowest BCUT2D eigenvalue weighted by Crippen LogP contribution is -2.45. The predicted octanol–water partition coefficient (Wildman–Crippen LogP) is 2.30. The molecule has 1 saturated heterocycles. The van der Waals surface area contributed by atoms with Crippen molar-refractivity contribution in [1.82, 2.24) is 4.90 Å². The van der Waals surface area contributed by atoms with E-state index in [-0.39, 0.29) is 12.1 Å². The number of piperidine rings is 1. The summed E-state index contributed by atoms with van der Waals surface area (Å²) in [6, 6.07) is 1.83. The van der Waals surface area contributed by atoms with Crippen LogP contribution in [0.2, 0.25) is 0 Å². The number of nitrogens with zero attached hydrogens (tertiary/aromatic N) is 2. The lowest BCUT2D eigenvalue weighted by atomic mass is 10.0. The Balaban J connectivity index is 2.61. The maximum atomic E-state index is 11.7. The first kappa shape index (κ1) is 11.8. The van der Waals surface area contributed by atoms with E-state index in [9.17, 15) is 4.79 Å². The van der Waals surface area contributed by atoms with E-state index in [0.717, 1.165) is 19.3 Å². The standard InChI is InChI=1S/C11H18N2O2/c1-11(2,3)15-10(14)13-7-5-4-6-9(13)8-12/h9H,4-7H2,1-3H3. The quantitative estimate of drug-likeness (QED) is 0.616. The molecule has 1 aliphatic heterocycles. The Morgan fingerprint density at radius 3 is 2.67 bits per heavy atom. The molecule has 0 aromatic carbocycles. The van der Waals surface area contributed by atoms with Gasteiger partial charge in [-0.25, -0.2) is 4.79 Å². The van der Waals surface area contributed by atoms with Crippen molar-refractivity contribution >= 4 is 6.09 Å². The summed E-state index contributed by atoms with van der Waals surface area (Å²) in [5.74, 6) is 0. The molecule has 1 aliphatic rings. The summed E-state index contributed by atoms with van der Waals surface area (Å²) in [6.45, 7) is 6.12. The van der Waals surface area contributed by atoms with Crippen LogP contribution in [0, 0.1) is 11.3 Å². The van der Waals surface area contributed by atoms with E-state index in [0.29, 0.717) is 6.54 Å². The first-order valence-electron chi connectivity index (χ1n) is 5.33. The van der Waals surface area contributed by atoms with Crippen LogP contribution in [0.4, 0.5) is 4.79 Å². The molecule has 1 amide bonds. The van der Waals surface area contributed by atoms with Gasteiger partial charge >= 0.3 is 6.09 Å². The van der Waals surface area contributed by atoms with E-state index in [1.165, 1.54) is 4.90 Å². The fraction of sp³-hybridized carbons (Fsp3) is 0.818. The summed E-state index contributed by atoms with van der Waals surface area (Å²) in [6.07, 6.45) is 2.36. The molecule has 0 spiro atoms. The lowest BCUT2D eigenvalue weighted by molar-refractivity contribution is 0.0156. The van der Waals surface area contributed by atoms with Crippen molar-refractivity contribution < 1.29 is 9.53 Å². The Morgan fingerprint density at radius 1 is 1.47 bits per heavy atom. The van der Waals surface area contributed by atoms with Crippen LogP contribution in [0.1, 0.15) is 40.0 Å². The van der Waals surface area contributed by atoms with E-state index in [1.54, 1.807) is 0 Å². The number of amides is 1. The molecule has 0 N–H and O–H groups in total. The van der Waals surface area contributed by atoms with E-state index in [1.807, 2.05) is 20.8 Å². The maximum absolute atomic E-state index is 11.7. The number of hydrogen-bond donors (Lipinski definition) is 0. The van der Waals surface area contributed by atoms with Crippen LogP contribution in [-0.4, -0.2) is 29.2 Å². The van der Waals surface area contributed by atoms with Gasteiger partial charge < -0.3 is 4.74 Å². The summed E-state index contributed by atoms with van der Waals surface area (Å²) in [5.41, 5.74) is -0.492. The zero-order valence-corrected chi connectivity index (χ0v) is 9.62. The van der Waals surface area contributed by atoms with Crippen molar-refractivity contribution in [2.45, 2.75) is 51.7 Å². The highest BCUT2D eigenvalue weighted by Gasteiger charge is 2.30. The molecule has 0 aromatic rings. The molecule has 0 aliphatic carbocycles. The minimum absolute atomic E-state index is 0.311. The second-order valence-corrected chi connectivity index (χ2v) is 4.81. The molecule has 1 unspecified atom stereocenters. The topological polar surface area (TPSA) is 53.3 Å². The van der Waals surface area contributed by atoms with Gasteiger partial charge in [0.05, 0.1) is 6.07 Å². The molecule has 4 nitrogen and oxygen atoms in total. The van der Waals surface area contributed by atoms with Crippen LogP contribution in [-0.2, 0) is 4.74 Å². The monoisotopic (exact) mass is 210 g/mol. The highest BCUT2D eigenvalue weighted by Crippen LogP contribution is 2.19. The van der Waals surface area contributed by atoms with Gasteiger partial charge in [-0.2, -0.15) is 5.26 Å². The Morgan fingerprint density at radius 2 is 2.13 bits per heavy atom. The number of likely N-dealkylation sites (tertiary alicyclic amines) is 1. The summed E-state index contributed by atoms with van der Waals surface area (Å²) in [5, 5.41) is 8.91. The first-order chi connectivity index (χ1) is 6.94. The molecule has 1 fully saturated rings. The van der Waals surface area contributed by atoms with Crippen molar-refractivity contribution in [3.05, 3.63) is 0 Å². The van der Waals surface area contributed by atoms with Gasteiger partial charge in [-0.15, -0.1) is 0 Å². The molecule has 1 heterocycles. The zero-order chi connectivity index (χ0) is 11.5. The Bertz CT molecular complexity index is 275. The van der Waals surface area contributed by atoms with Crippen molar-refractivity contribution in [3.8, 4) is 6.07 Å². The number of hydrogen-bond acceptors (Lipinski definition) is 3. The Labute approximate surface area is 90.8 Å². The zero-order valence-electron chi connectivity index (χ0n) is 9.62. The van der Waals surface area contributed by atoms with Gasteiger partial charge in [0.25, 0.3) is 0 Å². The number of ether oxygens (including phenoxy) is 1. The normalized spacial score (nSPS) is 22.0. The van der Waals surface area contributed by atoms with Crippen LogP contribution in [0.5, 0.6) is 0 Å². The summed E-state index contributed by atoms with van der Waals surface area (Å²) < 4.78 is 5.25. The molecular weight excluding hydrogens is 192 g/mol. The third-order valence-electron chi connectivity index (χ3n) is 2.28. The molecular formula is C11H18N2O2. The molecule has 84 valence electrons. The summed E-state index contributed by atoms with van der Waals surface area (Å²) in [7, 11) is 0. The molecule has 1 atom stereocenters. The minimum atomic E-state index is -0.492. The van der Waals surface area contributed by atoms with Gasteiger partial charge in [0.15, 0.2) is 0 Å². The van der Waals surface area contributed by atoms with E-state index in [2.05, 4.69) is 6.07 Å².